The SMILES string of the molecule is CC(C)(C)OC(=O)N1CCn2nc(-c3ccc(Cl)cc3F)c(-c3ccnc4[nH]cc(F)c34)c2C1. The van der Waals surface area contributed by atoms with Gasteiger partial charge in [0.05, 0.1) is 24.2 Å². The van der Waals surface area contributed by atoms with Gasteiger partial charge in [0.15, 0.2) is 5.82 Å². The van der Waals surface area contributed by atoms with Crippen molar-refractivity contribution in [2.24, 2.45) is 0 Å². The number of H-pyrrole nitrogens is 1. The van der Waals surface area contributed by atoms with Crippen LogP contribution in [0.3, 0.4) is 0 Å². The number of hydrogen-bond acceptors (Lipinski definition) is 4. The molecule has 3 aromatic heterocycles. The first-order valence-electron chi connectivity index (χ1n) is 10.8. The van der Waals surface area contributed by atoms with Gasteiger partial charge in [0.1, 0.15) is 22.8 Å². The molecule has 0 aliphatic carbocycles. The van der Waals surface area contributed by atoms with Crippen molar-refractivity contribution in [1.29, 1.82) is 0 Å². The molecule has 1 aromatic carbocycles. The summed E-state index contributed by atoms with van der Waals surface area (Å²) in [7, 11) is 0. The van der Waals surface area contributed by atoms with Crippen LogP contribution in [0.15, 0.2) is 36.7 Å². The number of carbonyl (C=O) groups is 1. The zero-order valence-electron chi connectivity index (χ0n) is 18.8. The average Bonchev–Trinajstić information content (AvgIpc) is 3.33. The first-order valence-corrected chi connectivity index (χ1v) is 11.1. The van der Waals surface area contributed by atoms with Crippen molar-refractivity contribution in [3.63, 3.8) is 0 Å². The summed E-state index contributed by atoms with van der Waals surface area (Å²) in [5.74, 6) is -1.03. The second-order valence-corrected chi connectivity index (χ2v) is 9.57. The van der Waals surface area contributed by atoms with Crippen molar-refractivity contribution in [1.82, 2.24) is 24.6 Å². The van der Waals surface area contributed by atoms with E-state index in [-0.39, 0.29) is 22.5 Å². The third-order valence-corrected chi connectivity index (χ3v) is 5.85. The minimum absolute atomic E-state index is 0.169. The van der Waals surface area contributed by atoms with Gasteiger partial charge in [-0.2, -0.15) is 5.10 Å². The van der Waals surface area contributed by atoms with E-state index < -0.39 is 23.3 Å². The Morgan fingerprint density at radius 1 is 1.15 bits per heavy atom. The van der Waals surface area contributed by atoms with Crippen LogP contribution < -0.4 is 0 Å². The molecule has 0 saturated carbocycles. The summed E-state index contributed by atoms with van der Waals surface area (Å²) in [6.07, 6.45) is 2.32. The Bertz CT molecular complexity index is 1420. The topological polar surface area (TPSA) is 76.0 Å². The Hall–Kier alpha value is -3.46. The van der Waals surface area contributed by atoms with Crippen molar-refractivity contribution in [3.05, 3.63) is 59.0 Å². The normalized spacial score (nSPS) is 13.9. The number of aromatic amines is 1. The number of benzene rings is 1. The molecule has 1 aliphatic heterocycles. The van der Waals surface area contributed by atoms with E-state index in [9.17, 15) is 9.18 Å². The first-order chi connectivity index (χ1) is 16.1. The fourth-order valence-corrected chi connectivity index (χ4v) is 4.34. The standard InChI is InChI=1S/C24H22ClF2N5O2/c1-24(2,3)34-23(33)31-8-9-32-18(12-31)20(15-6-7-28-22-19(15)17(27)11-29-22)21(30-32)14-5-4-13(25)10-16(14)26/h4-7,10-11H,8-9,12H2,1-3H3,(H,28,29). The Morgan fingerprint density at radius 3 is 2.68 bits per heavy atom. The lowest BCUT2D eigenvalue weighted by Gasteiger charge is -2.30. The number of fused-ring (bicyclic) bond motifs is 2. The number of aromatic nitrogens is 4. The van der Waals surface area contributed by atoms with Gasteiger partial charge < -0.3 is 14.6 Å². The first kappa shape index (κ1) is 22.3. The second kappa shape index (κ2) is 8.09. The number of nitrogens with one attached hydrogen (secondary N) is 1. The van der Waals surface area contributed by atoms with Crippen LogP contribution >= 0.6 is 11.6 Å². The van der Waals surface area contributed by atoms with Gasteiger partial charge in [-0.05, 0) is 45.0 Å². The number of carbonyl (C=O) groups excluding carboxylic acids is 1. The zero-order chi connectivity index (χ0) is 24.2. The van der Waals surface area contributed by atoms with E-state index in [1.54, 1.807) is 54.7 Å². The Labute approximate surface area is 199 Å². The van der Waals surface area contributed by atoms with Crippen LogP contribution in [-0.2, 0) is 17.8 Å². The third kappa shape index (κ3) is 3.90. The van der Waals surface area contributed by atoms with Crippen molar-refractivity contribution < 1.29 is 18.3 Å². The van der Waals surface area contributed by atoms with Crippen LogP contribution in [0.1, 0.15) is 26.5 Å². The molecule has 34 heavy (non-hydrogen) atoms. The number of hydrogen-bond donors (Lipinski definition) is 1. The van der Waals surface area contributed by atoms with Crippen LogP contribution in [0, 0.1) is 11.6 Å². The number of amides is 1. The highest BCUT2D eigenvalue weighted by Gasteiger charge is 2.32. The largest absolute Gasteiger partial charge is 0.444 e. The summed E-state index contributed by atoms with van der Waals surface area (Å²) < 4.78 is 37.1. The minimum Gasteiger partial charge on any atom is -0.444 e. The van der Waals surface area contributed by atoms with E-state index in [2.05, 4.69) is 15.1 Å². The highest BCUT2D eigenvalue weighted by atomic mass is 35.5. The predicted molar refractivity (Wildman–Crippen MR) is 124 cm³/mol. The van der Waals surface area contributed by atoms with Gasteiger partial charge in [-0.25, -0.2) is 18.6 Å². The summed E-state index contributed by atoms with van der Waals surface area (Å²) >= 11 is 5.97. The molecule has 10 heteroatoms. The quantitative estimate of drug-likeness (QED) is 0.390. The molecular formula is C24H22ClF2N5O2. The summed E-state index contributed by atoms with van der Waals surface area (Å²) in [6, 6.07) is 6.01. The van der Waals surface area contributed by atoms with Crippen molar-refractivity contribution >= 4 is 28.7 Å². The summed E-state index contributed by atoms with van der Waals surface area (Å²) in [5.41, 5.74) is 1.95. The van der Waals surface area contributed by atoms with E-state index in [1.807, 2.05) is 0 Å². The molecule has 1 amide bonds. The molecule has 0 bridgehead atoms. The molecular weight excluding hydrogens is 464 g/mol. The minimum atomic E-state index is -0.652. The van der Waals surface area contributed by atoms with Crippen LogP contribution in [0.4, 0.5) is 13.6 Å². The third-order valence-electron chi connectivity index (χ3n) is 5.61. The summed E-state index contributed by atoms with van der Waals surface area (Å²) in [4.78, 5) is 21.4. The maximum atomic E-state index is 15.0. The molecule has 1 N–H and O–H groups in total. The van der Waals surface area contributed by atoms with Gasteiger partial charge in [-0.1, -0.05) is 11.6 Å². The maximum absolute atomic E-state index is 15.0. The lowest BCUT2D eigenvalue weighted by atomic mass is 9.96. The predicted octanol–water partition coefficient (Wildman–Crippen LogP) is 5.78. The van der Waals surface area contributed by atoms with E-state index >= 15 is 4.39 Å². The molecule has 0 unspecified atom stereocenters. The number of pyridine rings is 1. The molecule has 0 atom stereocenters. The molecule has 0 saturated heterocycles. The monoisotopic (exact) mass is 485 g/mol. The van der Waals surface area contributed by atoms with Crippen LogP contribution in [0.2, 0.25) is 5.02 Å². The van der Waals surface area contributed by atoms with Gasteiger partial charge in [-0.3, -0.25) is 4.68 Å². The zero-order valence-corrected chi connectivity index (χ0v) is 19.6. The van der Waals surface area contributed by atoms with Crippen molar-refractivity contribution in [2.75, 3.05) is 6.54 Å². The van der Waals surface area contributed by atoms with Crippen LogP contribution in [0.5, 0.6) is 0 Å². The lowest BCUT2D eigenvalue weighted by Crippen LogP contribution is -2.41. The van der Waals surface area contributed by atoms with Crippen LogP contribution in [0.25, 0.3) is 33.4 Å². The smallest absolute Gasteiger partial charge is 0.410 e. The fourth-order valence-electron chi connectivity index (χ4n) is 4.18. The fraction of sp³-hybridized carbons (Fsp3) is 0.292. The highest BCUT2D eigenvalue weighted by molar-refractivity contribution is 6.30. The highest BCUT2D eigenvalue weighted by Crippen LogP contribution is 2.41. The molecule has 0 fully saturated rings. The average molecular weight is 486 g/mol. The maximum Gasteiger partial charge on any atom is 0.410 e. The number of rotatable bonds is 2. The van der Waals surface area contributed by atoms with Crippen molar-refractivity contribution in [3.8, 4) is 22.4 Å². The number of ether oxygens (including phenoxy) is 1. The van der Waals surface area contributed by atoms with E-state index in [4.69, 9.17) is 16.3 Å². The molecule has 4 heterocycles. The molecule has 1 aliphatic rings. The Kier molecular flexibility index (Phi) is 5.31. The van der Waals surface area contributed by atoms with Gasteiger partial charge >= 0.3 is 6.09 Å². The summed E-state index contributed by atoms with van der Waals surface area (Å²) in [6.45, 7) is 6.32. The van der Waals surface area contributed by atoms with Gasteiger partial charge in [0.25, 0.3) is 0 Å². The van der Waals surface area contributed by atoms with Crippen molar-refractivity contribution in [2.45, 2.75) is 39.5 Å². The van der Waals surface area contributed by atoms with Crippen LogP contribution in [-0.4, -0.2) is 42.9 Å². The van der Waals surface area contributed by atoms with Gasteiger partial charge in [-0.15, -0.1) is 0 Å². The second-order valence-electron chi connectivity index (χ2n) is 9.14. The van der Waals surface area contributed by atoms with Gasteiger partial charge in [0.2, 0.25) is 0 Å². The molecule has 4 aromatic rings. The molecule has 176 valence electrons. The number of nitrogens with zero attached hydrogens (tertiary/aromatic N) is 4. The molecule has 5 rings (SSSR count). The summed E-state index contributed by atoms with van der Waals surface area (Å²) in [5, 5.41) is 5.20. The number of halogens is 3. The Morgan fingerprint density at radius 2 is 1.94 bits per heavy atom. The van der Waals surface area contributed by atoms with Gasteiger partial charge in [0, 0.05) is 40.7 Å². The van der Waals surface area contributed by atoms with E-state index in [0.717, 1.165) is 0 Å². The Balaban J connectivity index is 1.71. The lowest BCUT2D eigenvalue weighted by molar-refractivity contribution is 0.0195. The molecule has 7 nitrogen and oxygen atoms in total. The van der Waals surface area contributed by atoms with E-state index in [0.29, 0.717) is 41.3 Å². The van der Waals surface area contributed by atoms with E-state index in [1.165, 1.54) is 12.3 Å². The molecule has 0 radical (unpaired) electrons. The molecule has 0 spiro atoms.